The molecule has 2 saturated heterocycles. The first kappa shape index (κ1) is 25.0. The second-order valence-electron chi connectivity index (χ2n) is 11.4. The highest BCUT2D eigenvalue weighted by atomic mass is 16.6. The summed E-state index contributed by atoms with van der Waals surface area (Å²) < 4.78 is 12.3. The zero-order valence-corrected chi connectivity index (χ0v) is 21.2. The molecule has 2 amide bonds. The number of carbonyl (C=O) groups excluding carboxylic acids is 2. The Balaban J connectivity index is 1.45. The maximum absolute atomic E-state index is 13.2. The summed E-state index contributed by atoms with van der Waals surface area (Å²) in [6, 6.07) is 10.5. The molecule has 1 aliphatic carbocycles. The minimum Gasteiger partial charge on any atom is -0.444 e. The van der Waals surface area contributed by atoms with Crippen molar-refractivity contribution in [3.8, 4) is 0 Å². The average Bonchev–Trinajstić information content (AvgIpc) is 2.77. The molecule has 0 aromatic heterocycles. The molecule has 7 nitrogen and oxygen atoms in total. The molecular weight excluding hydrogens is 430 g/mol. The molecule has 1 aromatic carbocycles. The van der Waals surface area contributed by atoms with Crippen LogP contribution in [0.5, 0.6) is 0 Å². The number of likely N-dealkylation sites (tertiary alicyclic amines) is 1. The molecule has 3 aliphatic rings. The summed E-state index contributed by atoms with van der Waals surface area (Å²) in [5, 5.41) is 3.27. The lowest BCUT2D eigenvalue weighted by molar-refractivity contribution is -0.133. The van der Waals surface area contributed by atoms with Gasteiger partial charge in [-0.3, -0.25) is 9.69 Å². The third-order valence-electron chi connectivity index (χ3n) is 7.45. The Morgan fingerprint density at radius 1 is 1.15 bits per heavy atom. The van der Waals surface area contributed by atoms with Crippen LogP contribution in [0.4, 0.5) is 4.79 Å². The minimum atomic E-state index is -0.574. The van der Waals surface area contributed by atoms with Crippen LogP contribution >= 0.6 is 0 Å². The quantitative estimate of drug-likeness (QED) is 0.721. The van der Waals surface area contributed by atoms with Gasteiger partial charge in [0.25, 0.3) is 0 Å². The fourth-order valence-electron chi connectivity index (χ4n) is 5.96. The Morgan fingerprint density at radius 2 is 1.85 bits per heavy atom. The van der Waals surface area contributed by atoms with Crippen LogP contribution < -0.4 is 5.32 Å². The Bertz CT molecular complexity index is 847. The Hall–Kier alpha value is -2.12. The van der Waals surface area contributed by atoms with E-state index in [1.807, 2.05) is 32.7 Å². The summed E-state index contributed by atoms with van der Waals surface area (Å²) in [5.74, 6) is 0.597. The van der Waals surface area contributed by atoms with Crippen molar-refractivity contribution in [3.05, 3.63) is 35.9 Å². The van der Waals surface area contributed by atoms with Crippen LogP contribution in [0, 0.1) is 0 Å². The molecule has 2 atom stereocenters. The van der Waals surface area contributed by atoms with E-state index in [2.05, 4.69) is 40.5 Å². The summed E-state index contributed by atoms with van der Waals surface area (Å²) in [5.41, 5.74) is 0.326. The van der Waals surface area contributed by atoms with E-state index in [1.54, 1.807) is 0 Å². The van der Waals surface area contributed by atoms with Gasteiger partial charge in [0.05, 0.1) is 30.8 Å². The zero-order chi connectivity index (χ0) is 24.3. The van der Waals surface area contributed by atoms with Crippen molar-refractivity contribution in [2.24, 2.45) is 0 Å². The van der Waals surface area contributed by atoms with Crippen LogP contribution in [0.1, 0.15) is 70.8 Å². The third-order valence-corrected chi connectivity index (χ3v) is 7.45. The summed E-state index contributed by atoms with van der Waals surface area (Å²) in [7, 11) is 1.97. The van der Waals surface area contributed by atoms with Crippen LogP contribution in [0.3, 0.4) is 0 Å². The van der Waals surface area contributed by atoms with Gasteiger partial charge in [-0.25, -0.2) is 4.79 Å². The van der Waals surface area contributed by atoms with Crippen molar-refractivity contribution < 1.29 is 19.1 Å². The van der Waals surface area contributed by atoms with Crippen molar-refractivity contribution in [1.29, 1.82) is 0 Å². The normalized spacial score (nSPS) is 30.8. The number of nitrogens with one attached hydrogen (secondary N) is 1. The Labute approximate surface area is 204 Å². The first-order valence-corrected chi connectivity index (χ1v) is 12.8. The van der Waals surface area contributed by atoms with E-state index in [0.29, 0.717) is 32.2 Å². The maximum atomic E-state index is 13.2. The smallest absolute Gasteiger partial charge is 0.410 e. The van der Waals surface area contributed by atoms with E-state index < -0.39 is 11.1 Å². The average molecular weight is 472 g/mol. The highest BCUT2D eigenvalue weighted by Crippen LogP contribution is 2.36. The zero-order valence-electron chi connectivity index (χ0n) is 21.2. The van der Waals surface area contributed by atoms with E-state index in [1.165, 1.54) is 5.56 Å². The Kier molecular flexibility index (Phi) is 7.53. The molecule has 34 heavy (non-hydrogen) atoms. The van der Waals surface area contributed by atoms with E-state index in [0.717, 1.165) is 38.5 Å². The van der Waals surface area contributed by atoms with Crippen molar-refractivity contribution in [2.75, 3.05) is 33.3 Å². The number of likely N-dealkylation sites (N-methyl/N-ethyl adjacent to an activating group) is 1. The molecule has 7 heteroatoms. The standard InChI is InChI=1S/C27H41N3O4/c1-26(2,3)34-25(32)30-16-8-15-27(19-29(4)17-24(31)28-27)23(30)18-33-22-13-11-21(12-14-22)20-9-6-5-7-10-20/h5-7,9-10,21-23H,8,11-19H2,1-4H3,(H,28,31)/t21?,22?,23-,27+/m0/s1. The second-order valence-corrected chi connectivity index (χ2v) is 11.4. The van der Waals surface area contributed by atoms with Crippen molar-refractivity contribution in [2.45, 2.75) is 88.5 Å². The number of piperazine rings is 1. The fourth-order valence-corrected chi connectivity index (χ4v) is 5.96. The van der Waals surface area contributed by atoms with Crippen molar-refractivity contribution >= 4 is 12.0 Å². The molecule has 0 radical (unpaired) electrons. The van der Waals surface area contributed by atoms with Gasteiger partial charge in [-0.2, -0.15) is 0 Å². The van der Waals surface area contributed by atoms with Crippen LogP contribution in [-0.2, 0) is 14.3 Å². The molecule has 1 aromatic rings. The van der Waals surface area contributed by atoms with Gasteiger partial charge >= 0.3 is 6.09 Å². The number of hydrogen-bond acceptors (Lipinski definition) is 5. The van der Waals surface area contributed by atoms with Crippen molar-refractivity contribution in [1.82, 2.24) is 15.1 Å². The first-order chi connectivity index (χ1) is 16.2. The molecule has 0 unspecified atom stereocenters. The minimum absolute atomic E-state index is 0.00755. The SMILES string of the molecule is CN1CC(=O)N[C@]2(CCCN(C(=O)OC(C)(C)C)[C@H]2COC2CCC(c3ccccc3)CC2)C1. The van der Waals surface area contributed by atoms with Gasteiger partial charge in [-0.1, -0.05) is 30.3 Å². The number of nitrogens with zero attached hydrogens (tertiary/aromatic N) is 2. The number of carbonyl (C=O) groups is 2. The highest BCUT2D eigenvalue weighted by molar-refractivity contribution is 5.80. The summed E-state index contributed by atoms with van der Waals surface area (Å²) in [4.78, 5) is 29.6. The van der Waals surface area contributed by atoms with E-state index >= 15 is 0 Å². The molecule has 1 spiro atoms. The topological polar surface area (TPSA) is 71.1 Å². The molecule has 4 rings (SSSR count). The lowest BCUT2D eigenvalue weighted by Gasteiger charge is -2.53. The second kappa shape index (κ2) is 10.2. The monoisotopic (exact) mass is 471 g/mol. The number of hydrogen-bond donors (Lipinski definition) is 1. The van der Waals surface area contributed by atoms with Crippen LogP contribution in [-0.4, -0.2) is 78.4 Å². The van der Waals surface area contributed by atoms with Gasteiger partial charge in [0.1, 0.15) is 5.60 Å². The number of rotatable bonds is 4. The first-order valence-electron chi connectivity index (χ1n) is 12.8. The van der Waals surface area contributed by atoms with Crippen LogP contribution in [0.2, 0.25) is 0 Å². The number of ether oxygens (including phenoxy) is 2. The van der Waals surface area contributed by atoms with E-state index in [4.69, 9.17) is 9.47 Å². The molecule has 3 fully saturated rings. The molecule has 2 aliphatic heterocycles. The maximum Gasteiger partial charge on any atom is 0.410 e. The predicted octanol–water partition coefficient (Wildman–Crippen LogP) is 3.93. The number of amides is 2. The lowest BCUT2D eigenvalue weighted by atomic mass is 9.79. The van der Waals surface area contributed by atoms with Crippen LogP contribution in [0.25, 0.3) is 0 Å². The molecule has 0 bridgehead atoms. The van der Waals surface area contributed by atoms with Crippen molar-refractivity contribution in [3.63, 3.8) is 0 Å². The molecule has 1 N–H and O–H groups in total. The number of benzene rings is 1. The fraction of sp³-hybridized carbons (Fsp3) is 0.704. The van der Waals surface area contributed by atoms with E-state index in [-0.39, 0.29) is 24.1 Å². The van der Waals surface area contributed by atoms with Gasteiger partial charge in [0.15, 0.2) is 0 Å². The summed E-state index contributed by atoms with van der Waals surface area (Å²) in [6.07, 6.45) is 5.76. The largest absolute Gasteiger partial charge is 0.444 e. The summed E-state index contributed by atoms with van der Waals surface area (Å²) >= 11 is 0. The predicted molar refractivity (Wildman–Crippen MR) is 132 cm³/mol. The molecule has 188 valence electrons. The lowest BCUT2D eigenvalue weighted by Crippen LogP contribution is -2.74. The van der Waals surface area contributed by atoms with Gasteiger partial charge < -0.3 is 19.7 Å². The third kappa shape index (κ3) is 5.92. The molecular formula is C27H41N3O4. The Morgan fingerprint density at radius 3 is 2.50 bits per heavy atom. The molecule has 2 heterocycles. The van der Waals surface area contributed by atoms with E-state index in [9.17, 15) is 9.59 Å². The van der Waals surface area contributed by atoms with Gasteiger partial charge in [-0.15, -0.1) is 0 Å². The van der Waals surface area contributed by atoms with Crippen LogP contribution in [0.15, 0.2) is 30.3 Å². The molecule has 1 saturated carbocycles. The number of piperidine rings is 1. The van der Waals surface area contributed by atoms with Gasteiger partial charge in [-0.05, 0) is 77.8 Å². The highest BCUT2D eigenvalue weighted by Gasteiger charge is 2.51. The summed E-state index contributed by atoms with van der Waals surface area (Å²) in [6.45, 7) is 7.77. The van der Waals surface area contributed by atoms with Gasteiger partial charge in [0, 0.05) is 13.1 Å². The van der Waals surface area contributed by atoms with Gasteiger partial charge in [0.2, 0.25) is 5.91 Å².